The number of imidazole rings is 1. The first-order chi connectivity index (χ1) is 17.3. The van der Waals surface area contributed by atoms with Crippen LogP contribution in [0.25, 0.3) is 11.3 Å². The molecule has 1 aromatic carbocycles. The van der Waals surface area contributed by atoms with Gasteiger partial charge >= 0.3 is 6.18 Å². The predicted octanol–water partition coefficient (Wildman–Crippen LogP) is 5.18. The summed E-state index contributed by atoms with van der Waals surface area (Å²) in [6, 6.07) is 5.28. The number of benzene rings is 1. The van der Waals surface area contributed by atoms with Gasteiger partial charge in [0.2, 0.25) is 0 Å². The summed E-state index contributed by atoms with van der Waals surface area (Å²) in [6.07, 6.45) is 3.37. The van der Waals surface area contributed by atoms with Crippen molar-refractivity contribution in [2.45, 2.75) is 44.3 Å². The van der Waals surface area contributed by atoms with E-state index in [1.807, 2.05) is 6.20 Å². The summed E-state index contributed by atoms with van der Waals surface area (Å²) < 4.78 is 42.0. The SMILES string of the molecule is Nc1ncnc(N2CCC(c3nc(-c4ccc(C(F)(F)F)cc4)cn3CCN3CCCC3)CC2)c1Br. The number of nitrogen functional groups attached to an aromatic ring is 1. The van der Waals surface area contributed by atoms with Crippen LogP contribution in [0.3, 0.4) is 0 Å². The molecule has 0 aliphatic carbocycles. The van der Waals surface area contributed by atoms with Gasteiger partial charge in [-0.15, -0.1) is 0 Å². The average Bonchev–Trinajstić information content (AvgIpc) is 3.54. The van der Waals surface area contributed by atoms with Gasteiger partial charge in [0, 0.05) is 43.9 Å². The van der Waals surface area contributed by atoms with Crippen molar-refractivity contribution in [3.8, 4) is 11.3 Å². The molecule has 4 heterocycles. The smallest absolute Gasteiger partial charge is 0.383 e. The number of nitrogens with zero attached hydrogens (tertiary/aromatic N) is 6. The molecule has 2 N–H and O–H groups in total. The molecule has 2 aliphatic rings. The average molecular weight is 564 g/mol. The van der Waals surface area contributed by atoms with Crippen molar-refractivity contribution >= 4 is 27.6 Å². The van der Waals surface area contributed by atoms with Gasteiger partial charge in [0.1, 0.15) is 28.3 Å². The maximum absolute atomic E-state index is 13.0. The van der Waals surface area contributed by atoms with Crippen molar-refractivity contribution in [2.24, 2.45) is 0 Å². The summed E-state index contributed by atoms with van der Waals surface area (Å²) in [6.45, 7) is 5.60. The third-order valence-corrected chi connectivity index (χ3v) is 7.89. The van der Waals surface area contributed by atoms with E-state index in [0.717, 1.165) is 75.9 Å². The van der Waals surface area contributed by atoms with E-state index < -0.39 is 11.7 Å². The number of alkyl halides is 3. The van der Waals surface area contributed by atoms with Crippen LogP contribution in [-0.2, 0) is 12.7 Å². The Bertz CT molecular complexity index is 1180. The fourth-order valence-electron chi connectivity index (χ4n) is 5.10. The summed E-state index contributed by atoms with van der Waals surface area (Å²) >= 11 is 3.50. The van der Waals surface area contributed by atoms with E-state index >= 15 is 0 Å². The third-order valence-electron chi connectivity index (χ3n) is 7.13. The highest BCUT2D eigenvalue weighted by Crippen LogP contribution is 2.35. The second-order valence-electron chi connectivity index (χ2n) is 9.46. The van der Waals surface area contributed by atoms with Crippen LogP contribution in [0.5, 0.6) is 0 Å². The quantitative estimate of drug-likeness (QED) is 0.445. The first-order valence-corrected chi connectivity index (χ1v) is 13.1. The molecule has 7 nitrogen and oxygen atoms in total. The van der Waals surface area contributed by atoms with Crippen LogP contribution in [0.15, 0.2) is 41.3 Å². The minimum absolute atomic E-state index is 0.251. The molecule has 2 aromatic heterocycles. The molecule has 0 radical (unpaired) electrons. The summed E-state index contributed by atoms with van der Waals surface area (Å²) in [4.78, 5) is 18.0. The van der Waals surface area contributed by atoms with Crippen molar-refractivity contribution in [1.82, 2.24) is 24.4 Å². The summed E-state index contributed by atoms with van der Waals surface area (Å²) in [5.41, 5.74) is 6.70. The minimum atomic E-state index is -4.35. The number of hydrogen-bond donors (Lipinski definition) is 1. The Morgan fingerprint density at radius 3 is 2.33 bits per heavy atom. The van der Waals surface area contributed by atoms with Gasteiger partial charge in [0.05, 0.1) is 11.3 Å². The Labute approximate surface area is 216 Å². The molecule has 0 atom stereocenters. The first kappa shape index (κ1) is 25.0. The highest BCUT2D eigenvalue weighted by molar-refractivity contribution is 9.10. The monoisotopic (exact) mass is 563 g/mol. The molecule has 0 saturated carbocycles. The largest absolute Gasteiger partial charge is 0.416 e. The zero-order chi connectivity index (χ0) is 25.3. The Balaban J connectivity index is 1.36. The van der Waals surface area contributed by atoms with Gasteiger partial charge in [-0.1, -0.05) is 12.1 Å². The summed E-state index contributed by atoms with van der Waals surface area (Å²) in [7, 11) is 0. The predicted molar refractivity (Wildman–Crippen MR) is 137 cm³/mol. The highest BCUT2D eigenvalue weighted by Gasteiger charge is 2.31. The maximum atomic E-state index is 13.0. The second-order valence-corrected chi connectivity index (χ2v) is 10.3. The van der Waals surface area contributed by atoms with Crippen molar-refractivity contribution in [2.75, 3.05) is 43.4 Å². The molecule has 2 saturated heterocycles. The molecule has 11 heteroatoms. The fourth-order valence-corrected chi connectivity index (χ4v) is 5.56. The van der Waals surface area contributed by atoms with Crippen LogP contribution < -0.4 is 10.6 Å². The molecule has 0 bridgehead atoms. The lowest BCUT2D eigenvalue weighted by Crippen LogP contribution is -2.35. The first-order valence-electron chi connectivity index (χ1n) is 12.3. The molecular formula is C25H29BrF3N7. The van der Waals surface area contributed by atoms with E-state index in [4.69, 9.17) is 10.7 Å². The Morgan fingerprint density at radius 1 is 0.972 bits per heavy atom. The van der Waals surface area contributed by atoms with Crippen LogP contribution in [0.1, 0.15) is 43.0 Å². The molecule has 2 aliphatic heterocycles. The minimum Gasteiger partial charge on any atom is -0.383 e. The van der Waals surface area contributed by atoms with Crippen molar-refractivity contribution in [1.29, 1.82) is 0 Å². The molecule has 0 unspecified atom stereocenters. The zero-order valence-electron chi connectivity index (χ0n) is 19.9. The number of halogens is 4. The summed E-state index contributed by atoms with van der Waals surface area (Å²) in [5, 5.41) is 0. The second kappa shape index (κ2) is 10.4. The van der Waals surface area contributed by atoms with Gasteiger partial charge in [0.25, 0.3) is 0 Å². The van der Waals surface area contributed by atoms with E-state index in [1.54, 1.807) is 0 Å². The molecular weight excluding hydrogens is 535 g/mol. The number of rotatable bonds is 6. The van der Waals surface area contributed by atoms with Crippen molar-refractivity contribution in [3.63, 3.8) is 0 Å². The van der Waals surface area contributed by atoms with Gasteiger partial charge in [-0.25, -0.2) is 15.0 Å². The standard InChI is InChI=1S/C25H29BrF3N7/c26-21-22(30)31-16-32-24(21)35-11-7-18(8-12-35)23-33-20(15-36(23)14-13-34-9-1-2-10-34)17-3-5-19(6-4-17)25(27,28)29/h3-6,15-16,18H,1-2,7-14H2,(H2,30,31,32). The summed E-state index contributed by atoms with van der Waals surface area (Å²) in [5.74, 6) is 2.47. The number of hydrogen-bond acceptors (Lipinski definition) is 6. The Hall–Kier alpha value is -2.66. The number of likely N-dealkylation sites (tertiary alicyclic amines) is 1. The van der Waals surface area contributed by atoms with Gasteiger partial charge in [-0.3, -0.25) is 0 Å². The Morgan fingerprint density at radius 2 is 1.67 bits per heavy atom. The van der Waals surface area contributed by atoms with Crippen LogP contribution in [0.4, 0.5) is 24.8 Å². The van der Waals surface area contributed by atoms with Gasteiger partial charge in [-0.2, -0.15) is 13.2 Å². The number of aromatic nitrogens is 4. The topological polar surface area (TPSA) is 76.1 Å². The van der Waals surface area contributed by atoms with Crippen LogP contribution in [-0.4, -0.2) is 57.1 Å². The number of piperidine rings is 1. The normalized spacial score (nSPS) is 17.7. The van der Waals surface area contributed by atoms with E-state index in [9.17, 15) is 13.2 Å². The Kier molecular flexibility index (Phi) is 7.21. The zero-order valence-corrected chi connectivity index (χ0v) is 21.5. The van der Waals surface area contributed by atoms with E-state index in [1.165, 1.54) is 31.3 Å². The number of nitrogens with two attached hydrogens (primary N) is 1. The van der Waals surface area contributed by atoms with Crippen molar-refractivity contribution in [3.05, 3.63) is 52.7 Å². The molecule has 192 valence electrons. The van der Waals surface area contributed by atoms with E-state index in [-0.39, 0.29) is 5.92 Å². The lowest BCUT2D eigenvalue weighted by Gasteiger charge is -2.33. The molecule has 0 spiro atoms. The molecule has 5 rings (SSSR count). The molecule has 3 aromatic rings. The van der Waals surface area contributed by atoms with Crippen LogP contribution >= 0.6 is 15.9 Å². The maximum Gasteiger partial charge on any atom is 0.416 e. The number of anilines is 2. The molecule has 2 fully saturated rings. The fraction of sp³-hybridized carbons (Fsp3) is 0.480. The highest BCUT2D eigenvalue weighted by atomic mass is 79.9. The van der Waals surface area contributed by atoms with Crippen molar-refractivity contribution < 1.29 is 13.2 Å². The van der Waals surface area contributed by atoms with Gasteiger partial charge in [-0.05, 0) is 66.8 Å². The molecule has 36 heavy (non-hydrogen) atoms. The van der Waals surface area contributed by atoms with Gasteiger partial charge < -0.3 is 20.1 Å². The van der Waals surface area contributed by atoms with E-state index in [2.05, 4.69) is 40.3 Å². The lowest BCUT2D eigenvalue weighted by molar-refractivity contribution is -0.137. The molecule has 0 amide bonds. The van der Waals surface area contributed by atoms with Crippen LogP contribution in [0, 0.1) is 0 Å². The lowest BCUT2D eigenvalue weighted by atomic mass is 9.96. The van der Waals surface area contributed by atoms with E-state index in [0.29, 0.717) is 21.5 Å². The third kappa shape index (κ3) is 5.36. The van der Waals surface area contributed by atoms with Crippen LogP contribution in [0.2, 0.25) is 0 Å². The van der Waals surface area contributed by atoms with Gasteiger partial charge in [0.15, 0.2) is 0 Å².